The van der Waals surface area contributed by atoms with Gasteiger partial charge in [0.1, 0.15) is 5.75 Å². The number of ether oxygens (including phenoxy) is 2. The molecule has 31 heavy (non-hydrogen) atoms. The fourth-order valence-corrected chi connectivity index (χ4v) is 3.70. The van der Waals surface area contributed by atoms with E-state index in [1.807, 2.05) is 60.7 Å². The van der Waals surface area contributed by atoms with Gasteiger partial charge in [0.25, 0.3) is 5.91 Å². The van der Waals surface area contributed by atoms with Crippen LogP contribution in [0.2, 0.25) is 0 Å². The van der Waals surface area contributed by atoms with Crippen molar-refractivity contribution in [2.45, 2.75) is 0 Å². The zero-order chi connectivity index (χ0) is 21.5. The van der Waals surface area contributed by atoms with E-state index in [9.17, 15) is 4.79 Å². The van der Waals surface area contributed by atoms with Gasteiger partial charge in [-0.05, 0) is 39.2 Å². The summed E-state index contributed by atoms with van der Waals surface area (Å²) in [4.78, 5) is 14.1. The van der Waals surface area contributed by atoms with Gasteiger partial charge in [0, 0.05) is 19.2 Å². The zero-order valence-electron chi connectivity index (χ0n) is 16.8. The van der Waals surface area contributed by atoms with Gasteiger partial charge in [0.15, 0.2) is 12.4 Å². The summed E-state index contributed by atoms with van der Waals surface area (Å²) in [6.45, 7) is 2.73. The van der Waals surface area contributed by atoms with Crippen LogP contribution in [-0.4, -0.2) is 45.0 Å². The molecule has 0 aliphatic carbocycles. The van der Waals surface area contributed by atoms with Crippen molar-refractivity contribution in [1.82, 2.24) is 5.43 Å². The highest BCUT2D eigenvalue weighted by molar-refractivity contribution is 9.10. The van der Waals surface area contributed by atoms with E-state index in [2.05, 4.69) is 31.4 Å². The Kier molecular flexibility index (Phi) is 7.01. The van der Waals surface area contributed by atoms with Gasteiger partial charge in [-0.15, -0.1) is 0 Å². The molecule has 1 aliphatic heterocycles. The van der Waals surface area contributed by atoms with Gasteiger partial charge in [-0.3, -0.25) is 4.79 Å². The summed E-state index contributed by atoms with van der Waals surface area (Å²) in [6, 6.07) is 19.5. The summed E-state index contributed by atoms with van der Waals surface area (Å²) in [5.74, 6) is 1.52. The minimum Gasteiger partial charge on any atom is -0.484 e. The second-order valence-electron chi connectivity index (χ2n) is 6.87. The third kappa shape index (κ3) is 5.74. The van der Waals surface area contributed by atoms with Crippen molar-refractivity contribution in [1.29, 1.82) is 0 Å². The lowest BCUT2D eigenvalue weighted by molar-refractivity contribution is -0.123. The SMILES string of the molecule is O=C(COc1ccc(-c2ccccc2)cc1)N/N=C/c1cc(Br)c(N2CCOCC2)o1. The average Bonchev–Trinajstić information content (AvgIpc) is 3.19. The number of rotatable bonds is 7. The Balaban J connectivity index is 1.25. The van der Waals surface area contributed by atoms with Crippen molar-refractivity contribution in [3.8, 4) is 16.9 Å². The predicted molar refractivity (Wildman–Crippen MR) is 123 cm³/mol. The largest absolute Gasteiger partial charge is 0.484 e. The lowest BCUT2D eigenvalue weighted by Crippen LogP contribution is -2.36. The molecule has 1 N–H and O–H groups in total. The molecular weight excluding hydrogens is 462 g/mol. The molecule has 0 bridgehead atoms. The zero-order valence-corrected chi connectivity index (χ0v) is 18.4. The van der Waals surface area contributed by atoms with Crippen LogP contribution >= 0.6 is 15.9 Å². The number of nitrogens with zero attached hydrogens (tertiary/aromatic N) is 2. The fourth-order valence-electron chi connectivity index (χ4n) is 3.15. The van der Waals surface area contributed by atoms with E-state index in [1.54, 1.807) is 0 Å². The number of hydrogen-bond acceptors (Lipinski definition) is 6. The van der Waals surface area contributed by atoms with Crippen LogP contribution in [0.15, 0.2) is 74.7 Å². The van der Waals surface area contributed by atoms with E-state index in [-0.39, 0.29) is 12.5 Å². The Morgan fingerprint density at radius 3 is 2.55 bits per heavy atom. The highest BCUT2D eigenvalue weighted by Crippen LogP contribution is 2.30. The Bertz CT molecular complexity index is 1030. The summed E-state index contributed by atoms with van der Waals surface area (Å²) in [5, 5.41) is 3.94. The minimum absolute atomic E-state index is 0.136. The van der Waals surface area contributed by atoms with Gasteiger partial charge in [-0.2, -0.15) is 5.10 Å². The van der Waals surface area contributed by atoms with Crippen LogP contribution in [0.5, 0.6) is 5.75 Å². The number of hydrogen-bond donors (Lipinski definition) is 1. The van der Waals surface area contributed by atoms with E-state index in [0.717, 1.165) is 34.6 Å². The number of furan rings is 1. The molecule has 0 atom stereocenters. The summed E-state index contributed by atoms with van der Waals surface area (Å²) in [7, 11) is 0. The summed E-state index contributed by atoms with van der Waals surface area (Å²) in [6.07, 6.45) is 1.46. The maximum Gasteiger partial charge on any atom is 0.277 e. The van der Waals surface area contributed by atoms with Crippen molar-refractivity contribution in [3.63, 3.8) is 0 Å². The number of halogens is 1. The van der Waals surface area contributed by atoms with E-state index in [4.69, 9.17) is 13.9 Å². The van der Waals surface area contributed by atoms with Crippen LogP contribution in [0.25, 0.3) is 11.1 Å². The number of carbonyl (C=O) groups excluding carboxylic acids is 1. The molecule has 8 heteroatoms. The Labute approximate surface area is 188 Å². The molecule has 0 spiro atoms. The average molecular weight is 484 g/mol. The highest BCUT2D eigenvalue weighted by atomic mass is 79.9. The summed E-state index contributed by atoms with van der Waals surface area (Å²) in [5.41, 5.74) is 4.66. The summed E-state index contributed by atoms with van der Waals surface area (Å²) >= 11 is 3.50. The molecule has 0 radical (unpaired) electrons. The Morgan fingerprint density at radius 1 is 1.10 bits per heavy atom. The van der Waals surface area contributed by atoms with E-state index >= 15 is 0 Å². The molecule has 0 unspecified atom stereocenters. The first-order chi connectivity index (χ1) is 15.2. The molecule has 1 aliphatic rings. The van der Waals surface area contributed by atoms with Crippen molar-refractivity contribution in [3.05, 3.63) is 70.9 Å². The van der Waals surface area contributed by atoms with E-state index in [1.165, 1.54) is 6.21 Å². The van der Waals surface area contributed by atoms with Gasteiger partial charge >= 0.3 is 0 Å². The van der Waals surface area contributed by atoms with Gasteiger partial charge in [0.2, 0.25) is 5.88 Å². The molecule has 1 aromatic heterocycles. The second kappa shape index (κ2) is 10.3. The van der Waals surface area contributed by atoms with Crippen LogP contribution in [0.3, 0.4) is 0 Å². The first-order valence-corrected chi connectivity index (χ1v) is 10.7. The standard InChI is InChI=1S/C23H22BrN3O4/c24-21-14-20(31-23(21)27-10-12-29-13-11-27)15-25-26-22(28)16-30-19-8-6-18(7-9-19)17-4-2-1-3-5-17/h1-9,14-15H,10-13,16H2,(H,26,28)/b25-15+. The number of benzene rings is 2. The monoisotopic (exact) mass is 483 g/mol. The molecule has 2 aromatic carbocycles. The van der Waals surface area contributed by atoms with Gasteiger partial charge in [-0.25, -0.2) is 5.43 Å². The number of morpholine rings is 1. The highest BCUT2D eigenvalue weighted by Gasteiger charge is 2.18. The Hall–Kier alpha value is -3.10. The lowest BCUT2D eigenvalue weighted by atomic mass is 10.1. The number of anilines is 1. The lowest BCUT2D eigenvalue weighted by Gasteiger charge is -2.26. The van der Waals surface area contributed by atoms with Crippen LogP contribution in [0.1, 0.15) is 5.76 Å². The molecule has 160 valence electrons. The number of carbonyl (C=O) groups is 1. The fraction of sp³-hybridized carbons (Fsp3) is 0.217. The summed E-state index contributed by atoms with van der Waals surface area (Å²) < 4.78 is 17.5. The van der Waals surface area contributed by atoms with Gasteiger partial charge < -0.3 is 18.8 Å². The van der Waals surface area contributed by atoms with Crippen LogP contribution in [0, 0.1) is 0 Å². The molecule has 2 heterocycles. The molecule has 7 nitrogen and oxygen atoms in total. The van der Waals surface area contributed by atoms with Gasteiger partial charge in [-0.1, -0.05) is 42.5 Å². The normalized spacial score (nSPS) is 14.0. The molecule has 0 saturated carbocycles. The number of nitrogens with one attached hydrogen (secondary N) is 1. The van der Waals surface area contributed by atoms with Crippen LogP contribution in [-0.2, 0) is 9.53 Å². The van der Waals surface area contributed by atoms with Crippen molar-refractivity contribution >= 4 is 33.9 Å². The first kappa shape index (κ1) is 21.1. The smallest absolute Gasteiger partial charge is 0.277 e. The molecule has 1 saturated heterocycles. The maximum atomic E-state index is 12.0. The third-order valence-corrected chi connectivity index (χ3v) is 5.27. The molecule has 4 rings (SSSR count). The number of amides is 1. The van der Waals surface area contributed by atoms with Crippen molar-refractivity contribution in [2.24, 2.45) is 5.10 Å². The molecule has 3 aromatic rings. The maximum absolute atomic E-state index is 12.0. The third-order valence-electron chi connectivity index (χ3n) is 4.70. The molecule has 1 fully saturated rings. The van der Waals surface area contributed by atoms with Gasteiger partial charge in [0.05, 0.1) is 23.9 Å². The van der Waals surface area contributed by atoms with E-state index < -0.39 is 0 Å². The topological polar surface area (TPSA) is 76.3 Å². The van der Waals surface area contributed by atoms with Crippen molar-refractivity contribution < 1.29 is 18.7 Å². The predicted octanol–water partition coefficient (Wildman–Crippen LogP) is 4.07. The van der Waals surface area contributed by atoms with Crippen LogP contribution < -0.4 is 15.1 Å². The molecule has 1 amide bonds. The Morgan fingerprint density at radius 2 is 1.81 bits per heavy atom. The first-order valence-electron chi connectivity index (χ1n) is 9.91. The minimum atomic E-state index is -0.359. The molecular formula is C23H22BrN3O4. The number of hydrazone groups is 1. The van der Waals surface area contributed by atoms with Crippen LogP contribution in [0.4, 0.5) is 5.88 Å². The quantitative estimate of drug-likeness (QED) is 0.404. The second-order valence-corrected chi connectivity index (χ2v) is 7.73. The van der Waals surface area contributed by atoms with Crippen molar-refractivity contribution in [2.75, 3.05) is 37.8 Å². The van der Waals surface area contributed by atoms with E-state index in [0.29, 0.717) is 24.7 Å².